The topological polar surface area (TPSA) is 24.9 Å². The van der Waals surface area contributed by atoms with Crippen molar-refractivity contribution in [3.63, 3.8) is 0 Å². The Hall–Kier alpha value is -6.65. The summed E-state index contributed by atoms with van der Waals surface area (Å²) in [5, 5.41) is 12.8. The largest absolute Gasteiger partial charge is 0.308 e. The molecule has 0 amide bonds. The molecular weight excluding hydrogens is 741 g/mol. The van der Waals surface area contributed by atoms with Crippen molar-refractivity contribution in [1.29, 1.82) is 0 Å². The zero-order chi connectivity index (χ0) is 41.9. The van der Waals surface area contributed by atoms with E-state index in [0.29, 0.717) is 0 Å². The first-order valence-corrected chi connectivity index (χ1v) is 21.8. The predicted octanol–water partition coefficient (Wildman–Crippen LogP) is 15.9. The van der Waals surface area contributed by atoms with Crippen molar-refractivity contribution >= 4 is 104 Å². The van der Waals surface area contributed by atoms with Crippen molar-refractivity contribution in [2.45, 2.75) is 78.6 Å². The van der Waals surface area contributed by atoms with Gasteiger partial charge in [0.05, 0.1) is 39.5 Å². The third-order valence-corrected chi connectivity index (χ3v) is 13.6. The summed E-state index contributed by atoms with van der Waals surface area (Å²) < 4.78 is 5.04. The molecule has 12 aromatic rings. The fraction of sp³-hybridized carbons (Fsp3) is 0.211. The van der Waals surface area contributed by atoms with E-state index in [1.807, 2.05) is 0 Å². The van der Waals surface area contributed by atoms with E-state index >= 15 is 0 Å². The Morgan fingerprint density at radius 2 is 0.967 bits per heavy atom. The highest BCUT2D eigenvalue weighted by Gasteiger charge is 2.31. The van der Waals surface area contributed by atoms with Crippen LogP contribution in [0, 0.1) is 0 Å². The van der Waals surface area contributed by atoms with Crippen LogP contribution >= 0.6 is 0 Å². The fourth-order valence-corrected chi connectivity index (χ4v) is 10.4. The Balaban J connectivity index is 1.32. The maximum absolute atomic E-state index is 5.56. The van der Waals surface area contributed by atoms with Gasteiger partial charge in [-0.25, -0.2) is 4.98 Å². The van der Waals surface area contributed by atoms with Crippen LogP contribution in [0.15, 0.2) is 140 Å². The van der Waals surface area contributed by atoms with Gasteiger partial charge in [-0.1, -0.05) is 129 Å². The summed E-state index contributed by atoms with van der Waals surface area (Å²) in [5.74, 6) is 0. The number of nitrogens with zero attached hydrogens (tertiary/aromatic N) is 4. The van der Waals surface area contributed by atoms with Gasteiger partial charge in [-0.2, -0.15) is 0 Å². The van der Waals surface area contributed by atoms with Crippen LogP contribution in [0.25, 0.3) is 87.1 Å². The predicted molar refractivity (Wildman–Crippen MR) is 262 cm³/mol. The molecule has 61 heavy (non-hydrogen) atoms. The van der Waals surface area contributed by atoms with Gasteiger partial charge in [-0.15, -0.1) is 0 Å². The van der Waals surface area contributed by atoms with E-state index in [0.717, 1.165) is 28.2 Å². The molecule has 0 fully saturated rings. The lowest BCUT2D eigenvalue weighted by molar-refractivity contribution is 0.591. The minimum Gasteiger partial charge on any atom is -0.308 e. The number of para-hydroxylation sites is 2. The Kier molecular flexibility index (Phi) is 7.13. The van der Waals surface area contributed by atoms with E-state index < -0.39 is 0 Å². The standard InChI is InChI=1S/C57H50N4/c1-55(2,3)34-24-25-45-42(27-34)48-39-23-17-16-18-33(39)26-43-50-49-44-30-35(56(4,5)6)28-40-41-29-36(57(7,8)9)31-46(59(37-19-12-10-13-20-37)38-21-14-11-15-22-38)52(41)60(51(40)44)47(49)32-58-54(50)61(45)53(43)48/h10-32H,1-9H3. The summed E-state index contributed by atoms with van der Waals surface area (Å²) >= 11 is 0. The first-order valence-electron chi connectivity index (χ1n) is 21.8. The van der Waals surface area contributed by atoms with Crippen molar-refractivity contribution in [2.75, 3.05) is 4.90 Å². The zero-order valence-corrected chi connectivity index (χ0v) is 36.6. The van der Waals surface area contributed by atoms with Gasteiger partial charge in [0.1, 0.15) is 5.65 Å². The van der Waals surface area contributed by atoms with Crippen molar-refractivity contribution in [1.82, 2.24) is 13.8 Å². The molecule has 7 aromatic carbocycles. The maximum atomic E-state index is 5.56. The van der Waals surface area contributed by atoms with Crippen molar-refractivity contribution < 1.29 is 0 Å². The van der Waals surface area contributed by atoms with E-state index in [4.69, 9.17) is 4.98 Å². The quantitative estimate of drug-likeness (QED) is 0.178. The van der Waals surface area contributed by atoms with Crippen molar-refractivity contribution in [3.8, 4) is 0 Å². The summed E-state index contributed by atoms with van der Waals surface area (Å²) in [6.07, 6.45) is 2.17. The second-order valence-corrected chi connectivity index (χ2v) is 20.6. The number of anilines is 3. The fourth-order valence-electron chi connectivity index (χ4n) is 10.4. The highest BCUT2D eigenvalue weighted by molar-refractivity contribution is 6.38. The minimum atomic E-state index is -0.0867. The second-order valence-electron chi connectivity index (χ2n) is 20.6. The molecule has 0 atom stereocenters. The Bertz CT molecular complexity index is 3690. The average Bonchev–Trinajstić information content (AvgIpc) is 3.96. The van der Waals surface area contributed by atoms with Crippen LogP contribution in [0.2, 0.25) is 0 Å². The van der Waals surface area contributed by atoms with E-state index in [2.05, 4.69) is 216 Å². The summed E-state index contributed by atoms with van der Waals surface area (Å²) in [7, 11) is 0. The van der Waals surface area contributed by atoms with Crippen LogP contribution in [0.3, 0.4) is 0 Å². The van der Waals surface area contributed by atoms with Crippen LogP contribution in [0.1, 0.15) is 79.0 Å². The molecular formula is C57H50N4. The third-order valence-electron chi connectivity index (χ3n) is 13.6. The maximum Gasteiger partial charge on any atom is 0.146 e. The van der Waals surface area contributed by atoms with Gasteiger partial charge in [-0.3, -0.25) is 4.40 Å². The third kappa shape index (κ3) is 4.96. The number of fused-ring (bicyclic) bond motifs is 15. The molecule has 5 heterocycles. The van der Waals surface area contributed by atoms with Gasteiger partial charge >= 0.3 is 0 Å². The number of pyridine rings is 1. The van der Waals surface area contributed by atoms with Gasteiger partial charge in [0.2, 0.25) is 0 Å². The summed E-state index contributed by atoms with van der Waals surface area (Å²) in [5.41, 5.74) is 14.3. The lowest BCUT2D eigenvalue weighted by Gasteiger charge is -2.29. The monoisotopic (exact) mass is 790 g/mol. The number of rotatable bonds is 3. The van der Waals surface area contributed by atoms with Crippen LogP contribution in [0.4, 0.5) is 17.1 Å². The van der Waals surface area contributed by atoms with Crippen LogP contribution in [0.5, 0.6) is 0 Å². The van der Waals surface area contributed by atoms with Gasteiger partial charge < -0.3 is 9.30 Å². The molecule has 0 N–H and O–H groups in total. The van der Waals surface area contributed by atoms with Crippen molar-refractivity contribution in [3.05, 3.63) is 156 Å². The number of aromatic nitrogens is 3. The minimum absolute atomic E-state index is 0.0277. The summed E-state index contributed by atoms with van der Waals surface area (Å²) in [6.45, 7) is 21.0. The van der Waals surface area contributed by atoms with Gasteiger partial charge in [0.25, 0.3) is 0 Å². The number of hydrogen-bond acceptors (Lipinski definition) is 2. The lowest BCUT2D eigenvalue weighted by Crippen LogP contribution is -2.15. The molecule has 0 unspecified atom stereocenters. The molecule has 4 heteroatoms. The number of benzene rings is 7. The highest BCUT2D eigenvalue weighted by Crippen LogP contribution is 2.52. The van der Waals surface area contributed by atoms with E-state index in [9.17, 15) is 0 Å². The molecule has 0 bridgehead atoms. The Labute approximate surface area is 356 Å². The molecule has 12 rings (SSSR count). The van der Waals surface area contributed by atoms with Gasteiger partial charge in [-0.05, 0) is 110 Å². The van der Waals surface area contributed by atoms with E-state index in [1.165, 1.54) is 92.6 Å². The average molecular weight is 791 g/mol. The second kappa shape index (κ2) is 12.0. The lowest BCUT2D eigenvalue weighted by atomic mass is 9.84. The molecule has 0 saturated carbocycles. The van der Waals surface area contributed by atoms with Crippen LogP contribution in [-0.4, -0.2) is 13.8 Å². The Morgan fingerprint density at radius 3 is 1.62 bits per heavy atom. The summed E-state index contributed by atoms with van der Waals surface area (Å²) in [6, 6.07) is 50.1. The highest BCUT2D eigenvalue weighted by atomic mass is 15.2. The number of hydrogen-bond donors (Lipinski definition) is 0. The van der Waals surface area contributed by atoms with E-state index in [-0.39, 0.29) is 16.2 Å². The van der Waals surface area contributed by atoms with Gasteiger partial charge in [0.15, 0.2) is 0 Å². The van der Waals surface area contributed by atoms with Gasteiger partial charge in [0, 0.05) is 54.5 Å². The molecule has 298 valence electrons. The summed E-state index contributed by atoms with van der Waals surface area (Å²) in [4.78, 5) is 8.02. The molecule has 0 spiro atoms. The molecule has 0 saturated heterocycles. The van der Waals surface area contributed by atoms with Crippen LogP contribution in [-0.2, 0) is 16.2 Å². The smallest absolute Gasteiger partial charge is 0.146 e. The molecule has 0 radical (unpaired) electrons. The first kappa shape index (κ1) is 36.2. The molecule has 4 nitrogen and oxygen atoms in total. The Morgan fingerprint density at radius 1 is 0.410 bits per heavy atom. The molecule has 0 aliphatic carbocycles. The van der Waals surface area contributed by atoms with E-state index in [1.54, 1.807) is 0 Å². The van der Waals surface area contributed by atoms with Crippen LogP contribution < -0.4 is 4.90 Å². The molecule has 5 aromatic heterocycles. The zero-order valence-electron chi connectivity index (χ0n) is 36.6. The SMILES string of the molecule is CC(C)(C)c1ccc2c(c1)c1c3ccccc3cc3c4c5c6cc(C(C)(C)C)cc7c8cc(C(C)(C)C)cc(N(c9ccccc9)c9ccccc9)c8n(c5cnc4n2c31)c76. The normalized spacial score (nSPS) is 13.3. The molecule has 0 aliphatic heterocycles. The first-order chi connectivity index (χ1) is 29.2. The van der Waals surface area contributed by atoms with Crippen molar-refractivity contribution in [2.24, 2.45) is 0 Å². The molecule has 0 aliphatic rings.